The van der Waals surface area contributed by atoms with Crippen LogP contribution in [0.5, 0.6) is 0 Å². The first kappa shape index (κ1) is 34.6. The number of aliphatic hydroxyl groups is 1. The fourth-order valence-corrected chi connectivity index (χ4v) is 6.53. The molecule has 40 heavy (non-hydrogen) atoms. The number of methoxy groups -OCH3 is 1. The lowest BCUT2D eigenvalue weighted by Crippen LogP contribution is -2.57. The molecule has 1 N–H and O–H groups in total. The van der Waals surface area contributed by atoms with Crippen molar-refractivity contribution in [1.82, 2.24) is 4.90 Å². The maximum Gasteiger partial charge on any atom is 0.316 e. The maximum absolute atomic E-state index is 13.8. The van der Waals surface area contributed by atoms with E-state index in [1.165, 1.54) is 19.9 Å². The number of cyclic esters (lactones) is 1. The Balaban J connectivity index is 2.59. The van der Waals surface area contributed by atoms with Crippen LogP contribution in [0.4, 0.5) is 0 Å². The summed E-state index contributed by atoms with van der Waals surface area (Å²) in [6, 6.07) is 0.0346. The number of allylic oxidation sites excluding steroid dienone is 1. The third kappa shape index (κ3) is 7.79. The summed E-state index contributed by atoms with van der Waals surface area (Å²) in [4.78, 5) is 42.5. The fourth-order valence-electron chi connectivity index (χ4n) is 6.53. The third-order valence-corrected chi connectivity index (χ3v) is 8.72. The molecule has 0 aliphatic carbocycles. The summed E-state index contributed by atoms with van der Waals surface area (Å²) in [6.07, 6.45) is 0.0745. The molecule has 9 nitrogen and oxygen atoms in total. The van der Waals surface area contributed by atoms with Crippen molar-refractivity contribution in [3.8, 4) is 0 Å². The van der Waals surface area contributed by atoms with Gasteiger partial charge in [0.1, 0.15) is 23.7 Å². The van der Waals surface area contributed by atoms with Gasteiger partial charge in [-0.3, -0.25) is 14.4 Å². The smallest absolute Gasteiger partial charge is 0.316 e. The topological polar surface area (TPSA) is 112 Å². The Labute approximate surface area is 240 Å². The highest BCUT2D eigenvalue weighted by atomic mass is 16.7. The van der Waals surface area contributed by atoms with Crippen molar-refractivity contribution in [3.63, 3.8) is 0 Å². The molecule has 0 aromatic carbocycles. The number of hydrogen-bond donors (Lipinski definition) is 1. The summed E-state index contributed by atoms with van der Waals surface area (Å²) in [5, 5.41) is 11.2. The third-order valence-electron chi connectivity index (χ3n) is 8.72. The molecule has 0 bridgehead atoms. The summed E-state index contributed by atoms with van der Waals surface area (Å²) in [5.41, 5.74) is -1.86. The molecule has 0 amide bonds. The molecular formula is C31H53NO8. The Bertz CT molecular complexity index is 942. The molecule has 2 heterocycles. The number of ketones is 2. The van der Waals surface area contributed by atoms with Gasteiger partial charge in [-0.05, 0) is 78.1 Å². The lowest BCUT2D eigenvalue weighted by Gasteiger charge is -2.47. The maximum atomic E-state index is 13.8. The van der Waals surface area contributed by atoms with E-state index in [9.17, 15) is 19.5 Å². The Kier molecular flexibility index (Phi) is 11.7. The van der Waals surface area contributed by atoms with Gasteiger partial charge in [0.05, 0.1) is 12.2 Å². The zero-order valence-electron chi connectivity index (χ0n) is 26.6. The minimum absolute atomic E-state index is 0.0346. The highest BCUT2D eigenvalue weighted by molar-refractivity contribution is 6.00. The van der Waals surface area contributed by atoms with Crippen molar-refractivity contribution in [1.29, 1.82) is 0 Å². The largest absolute Gasteiger partial charge is 0.458 e. The van der Waals surface area contributed by atoms with Crippen LogP contribution in [-0.4, -0.2) is 91.1 Å². The second-order valence-corrected chi connectivity index (χ2v) is 13.1. The van der Waals surface area contributed by atoms with Crippen molar-refractivity contribution in [2.24, 2.45) is 23.2 Å². The van der Waals surface area contributed by atoms with Gasteiger partial charge in [-0.2, -0.15) is 0 Å². The van der Waals surface area contributed by atoms with Crippen molar-refractivity contribution in [2.45, 2.75) is 124 Å². The van der Waals surface area contributed by atoms with E-state index in [2.05, 4.69) is 4.90 Å². The number of ether oxygens (including phenoxy) is 4. The number of carbonyl (C=O) groups is 3. The molecular weight excluding hydrogens is 514 g/mol. The molecule has 230 valence electrons. The van der Waals surface area contributed by atoms with Crippen molar-refractivity contribution < 1.29 is 38.4 Å². The summed E-state index contributed by atoms with van der Waals surface area (Å²) >= 11 is 0. The first-order chi connectivity index (χ1) is 18.4. The average molecular weight is 568 g/mol. The molecule has 1 fully saturated rings. The van der Waals surface area contributed by atoms with E-state index < -0.39 is 59.3 Å². The van der Waals surface area contributed by atoms with Gasteiger partial charge in [-0.25, -0.2) is 0 Å². The predicted octanol–water partition coefficient (Wildman–Crippen LogP) is 3.95. The molecule has 2 aliphatic rings. The summed E-state index contributed by atoms with van der Waals surface area (Å²) in [6.45, 7) is 16.0. The van der Waals surface area contributed by atoms with Gasteiger partial charge in [-0.1, -0.05) is 34.6 Å². The number of carbonyl (C=O) groups excluding carboxylic acids is 3. The normalized spacial score (nSPS) is 41.7. The number of nitrogens with zero attached hydrogens (tertiary/aromatic N) is 1. The molecule has 1 saturated heterocycles. The molecule has 9 heteroatoms. The van der Waals surface area contributed by atoms with E-state index in [1.54, 1.807) is 27.9 Å². The highest BCUT2D eigenvalue weighted by Gasteiger charge is 2.48. The van der Waals surface area contributed by atoms with Gasteiger partial charge >= 0.3 is 5.97 Å². The van der Waals surface area contributed by atoms with Gasteiger partial charge in [0, 0.05) is 25.0 Å². The SMILES string of the molecule is CC[C@H]1OC(=O)C(C)C(=O)C(C)C(OC2OC(C)CC(N(C)C)C2OC)C(C)(C)CC(C)C(=O)/C(C)=C/C1(C)O. The van der Waals surface area contributed by atoms with Gasteiger partial charge in [-0.15, -0.1) is 0 Å². The van der Waals surface area contributed by atoms with Gasteiger partial charge in [0.25, 0.3) is 0 Å². The van der Waals surface area contributed by atoms with Gasteiger partial charge < -0.3 is 29.0 Å². The number of Topliss-reactive ketones (excluding diaryl/α,β-unsaturated/α-hetero) is 2. The first-order valence-electron chi connectivity index (χ1n) is 14.6. The van der Waals surface area contributed by atoms with Crippen LogP contribution >= 0.6 is 0 Å². The Morgan fingerprint density at radius 2 is 1.70 bits per heavy atom. The van der Waals surface area contributed by atoms with Gasteiger partial charge in [0.2, 0.25) is 0 Å². The molecule has 0 aromatic rings. The molecule has 0 saturated carbocycles. The predicted molar refractivity (Wildman–Crippen MR) is 153 cm³/mol. The van der Waals surface area contributed by atoms with Crippen LogP contribution in [0, 0.1) is 23.2 Å². The van der Waals surface area contributed by atoms with Crippen LogP contribution < -0.4 is 0 Å². The summed E-state index contributed by atoms with van der Waals surface area (Å²) in [7, 11) is 5.60. The number of likely N-dealkylation sites (N-methyl/N-ethyl adjacent to an activating group) is 1. The van der Waals surface area contributed by atoms with Crippen LogP contribution in [0.25, 0.3) is 0 Å². The van der Waals surface area contributed by atoms with Crippen molar-refractivity contribution >= 4 is 17.5 Å². The zero-order chi connectivity index (χ0) is 30.7. The lowest BCUT2D eigenvalue weighted by atomic mass is 9.71. The average Bonchev–Trinajstić information content (AvgIpc) is 2.86. The molecule has 2 aliphatic heterocycles. The van der Waals surface area contributed by atoms with E-state index in [0.29, 0.717) is 18.4 Å². The van der Waals surface area contributed by atoms with Crippen molar-refractivity contribution in [3.05, 3.63) is 11.6 Å². The fraction of sp³-hybridized carbons (Fsp3) is 0.839. The molecule has 2 rings (SSSR count). The van der Waals surface area contributed by atoms with E-state index in [0.717, 1.165) is 6.42 Å². The summed E-state index contributed by atoms with van der Waals surface area (Å²) in [5.74, 6) is -3.39. The number of esters is 1. The van der Waals surface area contributed by atoms with Crippen LogP contribution in [0.15, 0.2) is 11.6 Å². The quantitative estimate of drug-likeness (QED) is 0.390. The van der Waals surface area contributed by atoms with Crippen LogP contribution in [0.3, 0.4) is 0 Å². The van der Waals surface area contributed by atoms with E-state index in [1.807, 2.05) is 41.8 Å². The Morgan fingerprint density at radius 3 is 2.23 bits per heavy atom. The van der Waals surface area contributed by atoms with Crippen LogP contribution in [0.2, 0.25) is 0 Å². The molecule has 0 spiro atoms. The molecule has 0 radical (unpaired) electrons. The number of rotatable bonds is 5. The highest BCUT2D eigenvalue weighted by Crippen LogP contribution is 2.40. The zero-order valence-corrected chi connectivity index (χ0v) is 26.6. The lowest BCUT2D eigenvalue weighted by molar-refractivity contribution is -0.289. The van der Waals surface area contributed by atoms with Crippen LogP contribution in [-0.2, 0) is 33.3 Å². The molecule has 0 aromatic heterocycles. The second-order valence-electron chi connectivity index (χ2n) is 13.1. The van der Waals surface area contributed by atoms with Crippen LogP contribution in [0.1, 0.15) is 81.6 Å². The van der Waals surface area contributed by atoms with E-state index in [-0.39, 0.29) is 23.7 Å². The monoisotopic (exact) mass is 567 g/mol. The van der Waals surface area contributed by atoms with E-state index in [4.69, 9.17) is 18.9 Å². The molecule has 9 unspecified atom stereocenters. The van der Waals surface area contributed by atoms with Crippen molar-refractivity contribution in [2.75, 3.05) is 21.2 Å². The van der Waals surface area contributed by atoms with Gasteiger partial charge in [0.15, 0.2) is 17.9 Å². The standard InChI is InChI=1S/C31H53NO8/c1-13-23-31(9,36)16-18(3)24(33)17(2)15-30(7,8)27(20(5)25(34)21(6)28(35)39-23)40-29-26(37-12)22(32(10)11)14-19(4)38-29/h16-17,19-23,26-27,29,36H,13-15H2,1-12H3/b18-16+/t17?,19?,20?,21?,22?,23-,26?,27?,29?,31?/m1/s1. The Hall–Kier alpha value is -1.65. The summed E-state index contributed by atoms with van der Waals surface area (Å²) < 4.78 is 24.5. The first-order valence-corrected chi connectivity index (χ1v) is 14.6. The minimum atomic E-state index is -1.57. The number of hydrogen-bond acceptors (Lipinski definition) is 9. The minimum Gasteiger partial charge on any atom is -0.458 e. The Morgan fingerprint density at radius 1 is 1.10 bits per heavy atom. The van der Waals surface area contributed by atoms with E-state index >= 15 is 0 Å². The second kappa shape index (κ2) is 13.6. The molecule has 10 atom stereocenters.